The molecule has 0 heterocycles. The van der Waals surface area contributed by atoms with Crippen LogP contribution >= 0.6 is 0 Å². The fourth-order valence-electron chi connectivity index (χ4n) is 3.79. The summed E-state index contributed by atoms with van der Waals surface area (Å²) in [5.74, 6) is -0.0265. The molecule has 5 nitrogen and oxygen atoms in total. The van der Waals surface area contributed by atoms with E-state index < -0.39 is 10.0 Å². The number of sulfonamides is 1. The van der Waals surface area contributed by atoms with E-state index in [0.29, 0.717) is 12.8 Å². The van der Waals surface area contributed by atoms with E-state index in [9.17, 15) is 13.2 Å². The minimum atomic E-state index is -3.59. The molecule has 3 aromatic rings. The molecule has 0 aromatic heterocycles. The Bertz CT molecular complexity index is 1200. The summed E-state index contributed by atoms with van der Waals surface area (Å²) >= 11 is 0. The molecule has 33 heavy (non-hydrogen) atoms. The summed E-state index contributed by atoms with van der Waals surface area (Å²) in [5, 5.41) is 3.08. The predicted molar refractivity (Wildman–Crippen MR) is 132 cm³/mol. The van der Waals surface area contributed by atoms with Gasteiger partial charge < -0.3 is 5.32 Å². The molecule has 6 heteroatoms. The van der Waals surface area contributed by atoms with Crippen LogP contribution in [0, 0.1) is 20.8 Å². The van der Waals surface area contributed by atoms with Crippen LogP contribution < -0.4 is 10.0 Å². The molecule has 0 radical (unpaired) electrons. The predicted octanol–water partition coefficient (Wildman–Crippen LogP) is 4.90. The van der Waals surface area contributed by atoms with Gasteiger partial charge >= 0.3 is 0 Å². The normalized spacial score (nSPS) is 12.4. The van der Waals surface area contributed by atoms with Crippen LogP contribution in [0.1, 0.15) is 52.8 Å². The highest BCUT2D eigenvalue weighted by molar-refractivity contribution is 7.89. The highest BCUT2D eigenvalue weighted by Gasteiger charge is 2.15. The molecule has 0 aliphatic carbocycles. The van der Waals surface area contributed by atoms with Crippen LogP contribution in [0.4, 0.5) is 0 Å². The molecule has 3 rings (SSSR count). The average Bonchev–Trinajstić information content (AvgIpc) is 2.79. The first-order valence-corrected chi connectivity index (χ1v) is 12.6. The van der Waals surface area contributed by atoms with Gasteiger partial charge in [-0.25, -0.2) is 13.1 Å². The highest BCUT2D eigenvalue weighted by atomic mass is 32.2. The SMILES string of the molecule is Cc1cc(C)c(C(C)NC(=O)CCc2ccc(S(=O)(=O)NCc3ccccc3)cc2)cc1C. The second kappa shape index (κ2) is 10.8. The molecule has 0 fully saturated rings. The first kappa shape index (κ1) is 24.7. The second-order valence-electron chi connectivity index (χ2n) is 8.54. The van der Waals surface area contributed by atoms with Gasteiger partial charge in [-0.1, -0.05) is 54.6 Å². The maximum absolute atomic E-state index is 12.5. The van der Waals surface area contributed by atoms with E-state index in [2.05, 4.69) is 42.9 Å². The molecule has 2 N–H and O–H groups in total. The first-order valence-electron chi connectivity index (χ1n) is 11.2. The smallest absolute Gasteiger partial charge is 0.240 e. The van der Waals surface area contributed by atoms with E-state index in [1.807, 2.05) is 37.3 Å². The molecule has 0 bridgehead atoms. The maximum Gasteiger partial charge on any atom is 0.240 e. The van der Waals surface area contributed by atoms with Gasteiger partial charge in [0.05, 0.1) is 10.9 Å². The number of rotatable bonds is 9. The summed E-state index contributed by atoms with van der Waals surface area (Å²) in [5.41, 5.74) is 6.57. The second-order valence-corrected chi connectivity index (χ2v) is 10.3. The van der Waals surface area contributed by atoms with Gasteiger partial charge in [0, 0.05) is 13.0 Å². The molecule has 174 valence electrons. The lowest BCUT2D eigenvalue weighted by molar-refractivity contribution is -0.121. The van der Waals surface area contributed by atoms with E-state index in [-0.39, 0.29) is 23.4 Å². The summed E-state index contributed by atoms with van der Waals surface area (Å²) in [6, 6.07) is 20.3. The Hall–Kier alpha value is -2.96. The van der Waals surface area contributed by atoms with E-state index in [1.54, 1.807) is 24.3 Å². The van der Waals surface area contributed by atoms with Gasteiger partial charge in [-0.2, -0.15) is 0 Å². The van der Waals surface area contributed by atoms with Crippen molar-refractivity contribution in [2.24, 2.45) is 0 Å². The van der Waals surface area contributed by atoms with Gasteiger partial charge in [-0.3, -0.25) is 4.79 Å². The standard InChI is InChI=1S/C27H32N2O3S/c1-19-16-21(3)26(17-20(19)2)22(4)29-27(30)15-12-23-10-13-25(14-11-23)33(31,32)28-18-24-8-6-5-7-9-24/h5-11,13-14,16-17,22,28H,12,15,18H2,1-4H3,(H,29,30). The van der Waals surface area contributed by atoms with Crippen molar-refractivity contribution in [2.45, 2.75) is 58.0 Å². The third-order valence-electron chi connectivity index (χ3n) is 5.91. The molecular weight excluding hydrogens is 432 g/mol. The number of nitrogens with one attached hydrogen (secondary N) is 2. The summed E-state index contributed by atoms with van der Waals surface area (Å²) < 4.78 is 27.7. The Morgan fingerprint density at radius 1 is 0.848 bits per heavy atom. The summed E-state index contributed by atoms with van der Waals surface area (Å²) in [6.07, 6.45) is 0.884. The molecule has 0 aliphatic heterocycles. The zero-order chi connectivity index (χ0) is 24.0. The number of amides is 1. The van der Waals surface area contributed by atoms with Gasteiger partial charge in [0.15, 0.2) is 0 Å². The Morgan fingerprint density at radius 3 is 2.15 bits per heavy atom. The number of hydrogen-bond acceptors (Lipinski definition) is 3. The zero-order valence-corrected chi connectivity index (χ0v) is 20.5. The lowest BCUT2D eigenvalue weighted by Crippen LogP contribution is -2.27. The molecule has 0 saturated carbocycles. The molecule has 1 atom stereocenters. The number of carbonyl (C=O) groups excluding carboxylic acids is 1. The topological polar surface area (TPSA) is 75.3 Å². The Balaban J connectivity index is 1.53. The van der Waals surface area contributed by atoms with Crippen molar-refractivity contribution in [3.63, 3.8) is 0 Å². The average molecular weight is 465 g/mol. The molecule has 0 spiro atoms. The van der Waals surface area contributed by atoms with Gasteiger partial charge in [0.1, 0.15) is 0 Å². The van der Waals surface area contributed by atoms with Crippen LogP contribution in [0.25, 0.3) is 0 Å². The summed E-state index contributed by atoms with van der Waals surface area (Å²) in [6.45, 7) is 8.47. The van der Waals surface area contributed by atoms with E-state index >= 15 is 0 Å². The van der Waals surface area contributed by atoms with Crippen LogP contribution in [0.2, 0.25) is 0 Å². The zero-order valence-electron chi connectivity index (χ0n) is 19.7. The fraction of sp³-hybridized carbons (Fsp3) is 0.296. The molecule has 1 amide bonds. The Morgan fingerprint density at radius 2 is 1.48 bits per heavy atom. The Labute approximate surface area is 197 Å². The van der Waals surface area contributed by atoms with Crippen molar-refractivity contribution < 1.29 is 13.2 Å². The molecule has 0 saturated heterocycles. The third-order valence-corrected chi connectivity index (χ3v) is 7.33. The number of carbonyl (C=O) groups is 1. The molecule has 3 aromatic carbocycles. The van der Waals surface area contributed by atoms with Crippen molar-refractivity contribution in [3.05, 3.63) is 100 Å². The van der Waals surface area contributed by atoms with Crippen LogP contribution in [0.15, 0.2) is 71.6 Å². The van der Waals surface area contributed by atoms with E-state index in [4.69, 9.17) is 0 Å². The monoisotopic (exact) mass is 464 g/mol. The van der Waals surface area contributed by atoms with Gasteiger partial charge in [0.25, 0.3) is 0 Å². The van der Waals surface area contributed by atoms with Crippen LogP contribution in [0.5, 0.6) is 0 Å². The minimum absolute atomic E-state index is 0.0265. The highest BCUT2D eigenvalue weighted by Crippen LogP contribution is 2.22. The van der Waals surface area contributed by atoms with Gasteiger partial charge in [-0.05, 0) is 79.6 Å². The van der Waals surface area contributed by atoms with Gasteiger partial charge in [-0.15, -0.1) is 0 Å². The van der Waals surface area contributed by atoms with Crippen LogP contribution in [0.3, 0.4) is 0 Å². The lowest BCUT2D eigenvalue weighted by atomic mass is 9.96. The Kier molecular flexibility index (Phi) is 8.06. The number of aryl methyl sites for hydroxylation is 4. The number of benzene rings is 3. The molecule has 0 aliphatic rings. The van der Waals surface area contributed by atoms with Gasteiger partial charge in [0.2, 0.25) is 15.9 Å². The van der Waals surface area contributed by atoms with Crippen molar-refractivity contribution >= 4 is 15.9 Å². The van der Waals surface area contributed by atoms with Crippen molar-refractivity contribution in [1.82, 2.24) is 10.0 Å². The largest absolute Gasteiger partial charge is 0.350 e. The third kappa shape index (κ3) is 6.76. The van der Waals surface area contributed by atoms with E-state index in [1.165, 1.54) is 16.7 Å². The van der Waals surface area contributed by atoms with E-state index in [0.717, 1.165) is 16.7 Å². The lowest BCUT2D eigenvalue weighted by Gasteiger charge is -2.18. The first-order chi connectivity index (χ1) is 15.7. The number of hydrogen-bond donors (Lipinski definition) is 2. The molecule has 1 unspecified atom stereocenters. The molecular formula is C27H32N2O3S. The van der Waals surface area contributed by atoms with Crippen LogP contribution in [-0.2, 0) is 27.8 Å². The maximum atomic E-state index is 12.5. The van der Waals surface area contributed by atoms with Crippen molar-refractivity contribution in [1.29, 1.82) is 0 Å². The van der Waals surface area contributed by atoms with Crippen molar-refractivity contribution in [3.8, 4) is 0 Å². The quantitative estimate of drug-likeness (QED) is 0.473. The summed E-state index contributed by atoms with van der Waals surface area (Å²) in [7, 11) is -3.59. The minimum Gasteiger partial charge on any atom is -0.350 e. The van der Waals surface area contributed by atoms with Crippen LogP contribution in [-0.4, -0.2) is 14.3 Å². The van der Waals surface area contributed by atoms with Crippen molar-refractivity contribution in [2.75, 3.05) is 0 Å². The summed E-state index contributed by atoms with van der Waals surface area (Å²) in [4.78, 5) is 12.7. The fourth-order valence-corrected chi connectivity index (χ4v) is 4.81.